The summed E-state index contributed by atoms with van der Waals surface area (Å²) in [7, 11) is 0. The number of hydrogen-bond donors (Lipinski definition) is 3. The van der Waals surface area contributed by atoms with Gasteiger partial charge in [0.25, 0.3) is 0 Å². The summed E-state index contributed by atoms with van der Waals surface area (Å²) in [5.74, 6) is 1.50. The average molecular weight is 328 g/mol. The number of hydrogen-bond acceptors (Lipinski definition) is 5. The molecule has 0 amide bonds. The number of aromatic nitrogens is 4. The second-order valence-corrected chi connectivity index (χ2v) is 6.15. The van der Waals surface area contributed by atoms with E-state index in [1.54, 1.807) is 6.20 Å². The van der Waals surface area contributed by atoms with E-state index >= 15 is 0 Å². The molecule has 0 atom stereocenters. The molecule has 1 aliphatic heterocycles. The van der Waals surface area contributed by atoms with Gasteiger partial charge in [-0.1, -0.05) is 12.1 Å². The van der Waals surface area contributed by atoms with Crippen molar-refractivity contribution in [2.75, 3.05) is 5.32 Å². The molecule has 0 bridgehead atoms. The monoisotopic (exact) mass is 328 g/mol. The minimum absolute atomic E-state index is 0.726. The Balaban J connectivity index is 1.46. The van der Waals surface area contributed by atoms with Crippen molar-refractivity contribution in [2.24, 2.45) is 0 Å². The quantitative estimate of drug-likeness (QED) is 0.537. The Bertz CT molecular complexity index is 1070. The molecule has 25 heavy (non-hydrogen) atoms. The van der Waals surface area contributed by atoms with Crippen molar-refractivity contribution in [1.29, 1.82) is 0 Å². The first-order chi connectivity index (χ1) is 12.3. The molecule has 3 heterocycles. The van der Waals surface area contributed by atoms with Crippen molar-refractivity contribution in [1.82, 2.24) is 25.5 Å². The molecular formula is C19H16N6. The van der Waals surface area contributed by atoms with Crippen molar-refractivity contribution < 1.29 is 0 Å². The summed E-state index contributed by atoms with van der Waals surface area (Å²) in [5.41, 5.74) is 5.70. The Morgan fingerprint density at radius 3 is 2.92 bits per heavy atom. The fraction of sp³-hybridized carbons (Fsp3) is 0.105. The van der Waals surface area contributed by atoms with Gasteiger partial charge in [-0.15, -0.1) is 0 Å². The molecule has 6 nitrogen and oxygen atoms in total. The summed E-state index contributed by atoms with van der Waals surface area (Å²) in [6.45, 7) is 1.85. The van der Waals surface area contributed by atoms with Crippen molar-refractivity contribution in [3.8, 4) is 11.4 Å². The molecule has 5 rings (SSSR count). The lowest BCUT2D eigenvalue weighted by Crippen LogP contribution is -1.99. The maximum Gasteiger partial charge on any atom is 0.161 e. The predicted molar refractivity (Wildman–Crippen MR) is 97.4 cm³/mol. The van der Waals surface area contributed by atoms with Crippen LogP contribution in [-0.2, 0) is 13.1 Å². The molecular weight excluding hydrogens is 312 g/mol. The Kier molecular flexibility index (Phi) is 3.21. The second kappa shape index (κ2) is 5.68. The fourth-order valence-corrected chi connectivity index (χ4v) is 3.17. The zero-order chi connectivity index (χ0) is 16.6. The molecule has 122 valence electrons. The minimum atomic E-state index is 0.726. The minimum Gasteiger partial charge on any atom is -0.340 e. The van der Waals surface area contributed by atoms with Gasteiger partial charge in [-0.3, -0.25) is 5.10 Å². The lowest BCUT2D eigenvalue weighted by Gasteiger charge is -2.08. The van der Waals surface area contributed by atoms with Crippen LogP contribution in [0.1, 0.15) is 11.1 Å². The maximum absolute atomic E-state index is 4.67. The van der Waals surface area contributed by atoms with Gasteiger partial charge in [0.05, 0.1) is 11.7 Å². The van der Waals surface area contributed by atoms with E-state index in [0.29, 0.717) is 0 Å². The van der Waals surface area contributed by atoms with Gasteiger partial charge in [0.1, 0.15) is 5.82 Å². The number of aromatic amines is 1. The van der Waals surface area contributed by atoms with E-state index in [9.17, 15) is 0 Å². The summed E-state index contributed by atoms with van der Waals surface area (Å²) in [5, 5.41) is 14.8. The lowest BCUT2D eigenvalue weighted by atomic mass is 10.1. The number of rotatable bonds is 3. The number of benzene rings is 2. The Hall–Kier alpha value is -3.25. The van der Waals surface area contributed by atoms with E-state index in [-0.39, 0.29) is 0 Å². The zero-order valence-electron chi connectivity index (χ0n) is 13.5. The van der Waals surface area contributed by atoms with Crippen LogP contribution in [0, 0.1) is 0 Å². The highest BCUT2D eigenvalue weighted by Gasteiger charge is 2.12. The average Bonchev–Trinajstić information content (AvgIpc) is 3.30. The van der Waals surface area contributed by atoms with Crippen molar-refractivity contribution in [3.63, 3.8) is 0 Å². The topological polar surface area (TPSA) is 78.5 Å². The third-order valence-electron chi connectivity index (χ3n) is 4.46. The first-order valence-electron chi connectivity index (χ1n) is 8.21. The van der Waals surface area contributed by atoms with Crippen LogP contribution in [0.4, 0.5) is 11.5 Å². The highest BCUT2D eigenvalue weighted by atomic mass is 15.1. The maximum atomic E-state index is 4.67. The third kappa shape index (κ3) is 2.62. The summed E-state index contributed by atoms with van der Waals surface area (Å²) >= 11 is 0. The Labute approximate surface area is 144 Å². The van der Waals surface area contributed by atoms with Gasteiger partial charge < -0.3 is 10.6 Å². The number of anilines is 2. The van der Waals surface area contributed by atoms with Crippen LogP contribution < -0.4 is 10.6 Å². The van der Waals surface area contributed by atoms with Crippen LogP contribution in [0.5, 0.6) is 0 Å². The molecule has 4 aromatic rings. The Morgan fingerprint density at radius 2 is 1.92 bits per heavy atom. The normalized spacial score (nSPS) is 13.1. The molecule has 0 aliphatic carbocycles. The predicted octanol–water partition coefficient (Wildman–Crippen LogP) is 3.37. The summed E-state index contributed by atoms with van der Waals surface area (Å²) in [4.78, 5) is 9.10. The van der Waals surface area contributed by atoms with Crippen LogP contribution in [0.2, 0.25) is 0 Å². The molecule has 1 aliphatic rings. The van der Waals surface area contributed by atoms with Gasteiger partial charge in [-0.2, -0.15) is 5.10 Å². The molecule has 2 aromatic heterocycles. The first-order valence-corrected chi connectivity index (χ1v) is 8.21. The molecule has 0 spiro atoms. The van der Waals surface area contributed by atoms with Crippen LogP contribution >= 0.6 is 0 Å². The van der Waals surface area contributed by atoms with E-state index in [4.69, 9.17) is 0 Å². The third-order valence-corrected chi connectivity index (χ3v) is 4.46. The number of nitrogens with zero attached hydrogens (tertiary/aromatic N) is 3. The fourth-order valence-electron chi connectivity index (χ4n) is 3.17. The molecule has 0 radical (unpaired) electrons. The summed E-state index contributed by atoms with van der Waals surface area (Å²) in [6, 6.07) is 14.3. The van der Waals surface area contributed by atoms with Gasteiger partial charge >= 0.3 is 0 Å². The van der Waals surface area contributed by atoms with Crippen molar-refractivity contribution in [2.45, 2.75) is 13.1 Å². The molecule has 0 saturated carbocycles. The summed E-state index contributed by atoms with van der Waals surface area (Å²) in [6.07, 6.45) is 3.59. The van der Waals surface area contributed by atoms with E-state index in [1.807, 2.05) is 30.5 Å². The van der Waals surface area contributed by atoms with Gasteiger partial charge in [0, 0.05) is 35.9 Å². The standard InChI is InChI=1S/C19H16N6/c1-2-13-9-20-10-14(13)7-12(1)19-21-6-5-18(24-19)23-16-3-4-17-15(8-16)11-22-25-17/h1-8,11,20H,9-10H2,(H,22,25)(H,21,23,24). The van der Waals surface area contributed by atoms with E-state index in [2.05, 4.69) is 49.0 Å². The second-order valence-electron chi connectivity index (χ2n) is 6.15. The van der Waals surface area contributed by atoms with Crippen LogP contribution in [0.15, 0.2) is 54.9 Å². The number of fused-ring (bicyclic) bond motifs is 2. The van der Waals surface area contributed by atoms with E-state index < -0.39 is 0 Å². The van der Waals surface area contributed by atoms with Gasteiger partial charge in [-0.25, -0.2) is 9.97 Å². The molecule has 0 saturated heterocycles. The van der Waals surface area contributed by atoms with Crippen molar-refractivity contribution >= 4 is 22.4 Å². The van der Waals surface area contributed by atoms with Gasteiger partial charge in [-0.05, 0) is 41.5 Å². The summed E-state index contributed by atoms with van der Waals surface area (Å²) < 4.78 is 0. The smallest absolute Gasteiger partial charge is 0.161 e. The molecule has 2 aromatic carbocycles. The SMILES string of the molecule is c1cc(Nc2ccc3[nH]ncc3c2)nc(-c2ccc3c(c2)CNC3)n1. The van der Waals surface area contributed by atoms with E-state index in [1.165, 1.54) is 11.1 Å². The first kappa shape index (κ1) is 14.1. The highest BCUT2D eigenvalue weighted by molar-refractivity contribution is 5.82. The van der Waals surface area contributed by atoms with Crippen LogP contribution in [0.3, 0.4) is 0 Å². The largest absolute Gasteiger partial charge is 0.340 e. The highest BCUT2D eigenvalue weighted by Crippen LogP contribution is 2.25. The van der Waals surface area contributed by atoms with Gasteiger partial charge in [0.2, 0.25) is 0 Å². The molecule has 6 heteroatoms. The molecule has 0 fully saturated rings. The number of nitrogens with one attached hydrogen (secondary N) is 3. The molecule has 0 unspecified atom stereocenters. The lowest BCUT2D eigenvalue weighted by molar-refractivity contribution is 0.765. The number of H-pyrrole nitrogens is 1. The van der Waals surface area contributed by atoms with E-state index in [0.717, 1.165) is 46.9 Å². The van der Waals surface area contributed by atoms with Crippen LogP contribution in [0.25, 0.3) is 22.3 Å². The zero-order valence-corrected chi connectivity index (χ0v) is 13.5. The Morgan fingerprint density at radius 1 is 0.960 bits per heavy atom. The van der Waals surface area contributed by atoms with Gasteiger partial charge in [0.15, 0.2) is 5.82 Å². The van der Waals surface area contributed by atoms with Crippen LogP contribution in [-0.4, -0.2) is 20.2 Å². The van der Waals surface area contributed by atoms with Crippen molar-refractivity contribution in [3.05, 3.63) is 66.0 Å². The molecule has 3 N–H and O–H groups in total.